The second-order valence-corrected chi connectivity index (χ2v) is 8.64. The van der Waals surface area contributed by atoms with Crippen molar-refractivity contribution in [2.45, 2.75) is 38.9 Å². The first-order valence-electron chi connectivity index (χ1n) is 4.81. The van der Waals surface area contributed by atoms with E-state index in [1.54, 1.807) is 19.9 Å². The Labute approximate surface area is 99.8 Å². The lowest BCUT2D eigenvalue weighted by Crippen LogP contribution is -2.41. The molecule has 0 saturated heterocycles. The molecule has 0 aromatic heterocycles. The van der Waals surface area contributed by atoms with E-state index in [2.05, 4.69) is 3.87 Å². The molecule has 17 heavy (non-hydrogen) atoms. The Hall–Kier alpha value is -0.543. The number of alkyl halides is 3. The fraction of sp³-hybridized carbons (Fsp3) is 0.750. The van der Waals surface area contributed by atoms with Crippen LogP contribution in [-0.4, -0.2) is 22.5 Å². The molecule has 0 saturated carbocycles. The molecule has 0 atom stereocenters. The van der Waals surface area contributed by atoms with Gasteiger partial charge in [-0.1, -0.05) is 13.0 Å². The van der Waals surface area contributed by atoms with Crippen molar-refractivity contribution in [2.24, 2.45) is 0 Å². The van der Waals surface area contributed by atoms with E-state index in [0.29, 0.717) is 12.2 Å². The topological polar surface area (TPSA) is 52.6 Å². The van der Waals surface area contributed by atoms with Crippen molar-refractivity contribution in [3.05, 3.63) is 11.8 Å². The lowest BCUT2D eigenvalue weighted by Gasteiger charge is -2.24. The van der Waals surface area contributed by atoms with Crippen LogP contribution in [0, 0.1) is 0 Å². The monoisotopic (exact) mass is 292 g/mol. The van der Waals surface area contributed by atoms with Gasteiger partial charge in [-0.15, -0.1) is 0 Å². The molecule has 0 aromatic rings. The Balaban J connectivity index is 4.90. The summed E-state index contributed by atoms with van der Waals surface area (Å²) in [5.74, 6) is 0.402. The van der Waals surface area contributed by atoms with Crippen LogP contribution in [0.25, 0.3) is 0 Å². The smallest absolute Gasteiger partial charge is 0.522 e. The minimum atomic E-state index is -5.61. The van der Waals surface area contributed by atoms with E-state index in [-0.39, 0.29) is 0 Å². The number of halogens is 3. The maximum atomic E-state index is 12.1. The van der Waals surface area contributed by atoms with Crippen LogP contribution in [0.15, 0.2) is 11.8 Å². The first kappa shape index (κ1) is 16.5. The van der Waals surface area contributed by atoms with E-state index in [1.165, 1.54) is 13.1 Å². The zero-order chi connectivity index (χ0) is 13.9. The molecule has 0 fully saturated rings. The van der Waals surface area contributed by atoms with Gasteiger partial charge in [0.15, 0.2) is 0 Å². The molecule has 102 valence electrons. The second kappa shape index (κ2) is 5.40. The lowest BCUT2D eigenvalue weighted by atomic mass is 10.4. The van der Waals surface area contributed by atoms with Crippen molar-refractivity contribution in [3.8, 4) is 0 Å². The van der Waals surface area contributed by atoms with Crippen LogP contribution >= 0.6 is 0 Å². The number of hydrogen-bond acceptors (Lipinski definition) is 4. The van der Waals surface area contributed by atoms with E-state index >= 15 is 0 Å². The first-order valence-corrected chi connectivity index (χ1v) is 9.03. The zero-order valence-electron chi connectivity index (χ0n) is 9.96. The van der Waals surface area contributed by atoms with E-state index in [9.17, 15) is 21.6 Å². The average Bonchev–Trinajstić information content (AvgIpc) is 2.10. The van der Waals surface area contributed by atoms with Gasteiger partial charge in [-0.05, 0) is 20.0 Å². The van der Waals surface area contributed by atoms with E-state index in [4.69, 9.17) is 4.43 Å². The summed E-state index contributed by atoms with van der Waals surface area (Å²) in [4.78, 5) is 0. The fourth-order valence-electron chi connectivity index (χ4n) is 0.979. The number of allylic oxidation sites excluding steroid dienone is 2. The maximum Gasteiger partial charge on any atom is 0.522 e. The highest BCUT2D eigenvalue weighted by molar-refractivity contribution is 7.88. The average molecular weight is 292 g/mol. The molecule has 0 spiro atoms. The van der Waals surface area contributed by atoms with Crippen LogP contribution in [0.5, 0.6) is 0 Å². The number of hydrogen-bond donors (Lipinski definition) is 0. The van der Waals surface area contributed by atoms with Crippen LogP contribution in [-0.2, 0) is 18.4 Å². The summed E-state index contributed by atoms with van der Waals surface area (Å²) < 4.78 is 67.3. The van der Waals surface area contributed by atoms with Crippen molar-refractivity contribution in [1.82, 2.24) is 0 Å². The SMILES string of the molecule is C/C=C(\CC)O[Si](C)(C)OS(=O)(=O)C(F)(F)F. The Morgan fingerprint density at radius 3 is 2.12 bits per heavy atom. The van der Waals surface area contributed by atoms with Crippen LogP contribution in [0.1, 0.15) is 20.3 Å². The normalized spacial score (nSPS) is 14.9. The predicted octanol–water partition coefficient (Wildman–Crippen LogP) is 2.88. The molecule has 0 unspecified atom stereocenters. The van der Waals surface area contributed by atoms with Crippen molar-refractivity contribution in [1.29, 1.82) is 0 Å². The Morgan fingerprint density at radius 2 is 1.82 bits per heavy atom. The summed E-state index contributed by atoms with van der Waals surface area (Å²) in [6, 6.07) is 0. The summed E-state index contributed by atoms with van der Waals surface area (Å²) in [5, 5.41) is 0. The molecule has 0 radical (unpaired) electrons. The second-order valence-electron chi connectivity index (χ2n) is 3.59. The summed E-state index contributed by atoms with van der Waals surface area (Å²) in [5.41, 5.74) is -5.43. The minimum Gasteiger partial charge on any atom is -0.524 e. The summed E-state index contributed by atoms with van der Waals surface area (Å²) in [7, 11) is -9.04. The third-order valence-corrected chi connectivity index (χ3v) is 5.45. The van der Waals surface area contributed by atoms with Crippen molar-refractivity contribution in [3.63, 3.8) is 0 Å². The molecule has 0 aliphatic rings. The molecule has 0 aliphatic carbocycles. The van der Waals surface area contributed by atoms with Crippen molar-refractivity contribution < 1.29 is 29.9 Å². The van der Waals surface area contributed by atoms with Crippen LogP contribution in [0.4, 0.5) is 13.2 Å². The molecule has 4 nitrogen and oxygen atoms in total. The van der Waals surface area contributed by atoms with Gasteiger partial charge in [0, 0.05) is 6.42 Å². The maximum absolute atomic E-state index is 12.1. The summed E-state index contributed by atoms with van der Waals surface area (Å²) in [6.07, 6.45) is 2.00. The predicted molar refractivity (Wildman–Crippen MR) is 58.7 cm³/mol. The third-order valence-electron chi connectivity index (χ3n) is 1.64. The van der Waals surface area contributed by atoms with Crippen LogP contribution in [0.2, 0.25) is 13.1 Å². The van der Waals surface area contributed by atoms with E-state index < -0.39 is 24.2 Å². The molecule has 9 heteroatoms. The van der Waals surface area contributed by atoms with E-state index in [1.807, 2.05) is 0 Å². The quantitative estimate of drug-likeness (QED) is 0.444. The van der Waals surface area contributed by atoms with Gasteiger partial charge in [0.25, 0.3) is 0 Å². The Bertz CT molecular complexity index is 386. The molecule has 0 bridgehead atoms. The molecule has 0 rings (SSSR count). The Kier molecular flexibility index (Phi) is 5.23. The minimum absolute atomic E-state index is 0.402. The van der Waals surface area contributed by atoms with Gasteiger partial charge >= 0.3 is 24.2 Å². The number of rotatable bonds is 5. The molecule has 0 aromatic carbocycles. The molecular weight excluding hydrogens is 277 g/mol. The lowest BCUT2D eigenvalue weighted by molar-refractivity contribution is -0.0510. The molecule has 0 aliphatic heterocycles. The van der Waals surface area contributed by atoms with Crippen molar-refractivity contribution >= 4 is 18.7 Å². The fourth-order valence-corrected chi connectivity index (χ4v) is 4.50. The van der Waals surface area contributed by atoms with Gasteiger partial charge in [0.05, 0.1) is 5.76 Å². The molecule has 0 amide bonds. The Morgan fingerprint density at radius 1 is 1.35 bits per heavy atom. The highest BCUT2D eigenvalue weighted by atomic mass is 32.2. The van der Waals surface area contributed by atoms with Gasteiger partial charge in [0.2, 0.25) is 0 Å². The van der Waals surface area contributed by atoms with Gasteiger partial charge in [-0.25, -0.2) is 0 Å². The van der Waals surface area contributed by atoms with Crippen LogP contribution in [0.3, 0.4) is 0 Å². The van der Waals surface area contributed by atoms with E-state index in [0.717, 1.165) is 0 Å². The summed E-state index contributed by atoms with van der Waals surface area (Å²) in [6.45, 7) is 5.84. The van der Waals surface area contributed by atoms with Gasteiger partial charge in [-0.3, -0.25) is 3.87 Å². The summed E-state index contributed by atoms with van der Waals surface area (Å²) >= 11 is 0. The molecule has 0 N–H and O–H groups in total. The third kappa shape index (κ3) is 5.09. The zero-order valence-corrected chi connectivity index (χ0v) is 11.8. The molecule has 0 heterocycles. The highest BCUT2D eigenvalue weighted by Gasteiger charge is 2.51. The standard InChI is InChI=1S/C8H15F3O4SSi/c1-5-7(6-2)14-17(3,4)15-16(12,13)8(9,10)11/h5H,6H2,1-4H3/b7-5+. The van der Waals surface area contributed by atoms with Gasteiger partial charge < -0.3 is 4.43 Å². The van der Waals surface area contributed by atoms with Gasteiger partial charge in [0.1, 0.15) is 0 Å². The molecular formula is C8H15F3O4SSi. The first-order chi connectivity index (χ1) is 7.45. The highest BCUT2D eigenvalue weighted by Crippen LogP contribution is 2.28. The largest absolute Gasteiger partial charge is 0.524 e. The van der Waals surface area contributed by atoms with Crippen LogP contribution < -0.4 is 0 Å². The van der Waals surface area contributed by atoms with Crippen molar-refractivity contribution in [2.75, 3.05) is 0 Å². The van der Waals surface area contributed by atoms with Gasteiger partial charge in [-0.2, -0.15) is 21.6 Å².